The molecule has 0 aliphatic heterocycles. The number of hydrogen-bond donors (Lipinski definition) is 0. The summed E-state index contributed by atoms with van der Waals surface area (Å²) in [5.41, 5.74) is 0.563. The third-order valence-corrected chi connectivity index (χ3v) is 3.87. The van der Waals surface area contributed by atoms with Gasteiger partial charge in [0.15, 0.2) is 5.78 Å². The van der Waals surface area contributed by atoms with Crippen LogP contribution in [0.1, 0.15) is 16.8 Å². The average molecular weight is 319 g/mol. The van der Waals surface area contributed by atoms with Crippen molar-refractivity contribution in [3.63, 3.8) is 0 Å². The molecule has 0 fully saturated rings. The van der Waals surface area contributed by atoms with Gasteiger partial charge in [0.1, 0.15) is 5.75 Å². The van der Waals surface area contributed by atoms with Crippen LogP contribution in [-0.2, 0) is 0 Å². The van der Waals surface area contributed by atoms with Crippen LogP contribution in [0.5, 0.6) is 5.75 Å². The lowest BCUT2D eigenvalue weighted by molar-refractivity contribution is 0.0998. The van der Waals surface area contributed by atoms with Gasteiger partial charge in [0.25, 0.3) is 0 Å². The zero-order chi connectivity index (χ0) is 12.1. The summed E-state index contributed by atoms with van der Waals surface area (Å²) in [4.78, 5) is 11.9. The third-order valence-electron chi connectivity index (χ3n) is 2.00. The quantitative estimate of drug-likeness (QED) is 0.624. The Hall–Kier alpha value is -0.390. The SMILES string of the molecule is COc1c(Br)cccc1C(=O)CC(=S)SC. The summed E-state index contributed by atoms with van der Waals surface area (Å²) >= 11 is 9.80. The summed E-state index contributed by atoms with van der Waals surface area (Å²) in [6, 6.07) is 5.39. The molecule has 0 amide bonds. The van der Waals surface area contributed by atoms with Crippen molar-refractivity contribution in [2.45, 2.75) is 6.42 Å². The van der Waals surface area contributed by atoms with Crippen LogP contribution in [0.25, 0.3) is 0 Å². The maximum absolute atomic E-state index is 11.9. The van der Waals surface area contributed by atoms with Gasteiger partial charge in [-0.1, -0.05) is 18.3 Å². The molecule has 0 N–H and O–H groups in total. The molecule has 0 aliphatic carbocycles. The first-order chi connectivity index (χ1) is 7.60. The van der Waals surface area contributed by atoms with Gasteiger partial charge in [-0.25, -0.2) is 0 Å². The molecule has 0 atom stereocenters. The number of ether oxygens (including phenoxy) is 1. The summed E-state index contributed by atoms with van der Waals surface area (Å²) < 4.78 is 6.66. The van der Waals surface area contributed by atoms with Crippen molar-refractivity contribution in [1.29, 1.82) is 0 Å². The second-order valence-electron chi connectivity index (χ2n) is 3.00. The minimum Gasteiger partial charge on any atom is -0.495 e. The van der Waals surface area contributed by atoms with Crippen molar-refractivity contribution in [3.05, 3.63) is 28.2 Å². The predicted molar refractivity (Wildman–Crippen MR) is 75.8 cm³/mol. The van der Waals surface area contributed by atoms with Gasteiger partial charge in [-0.3, -0.25) is 4.79 Å². The lowest BCUT2D eigenvalue weighted by atomic mass is 10.1. The molecule has 0 saturated heterocycles. The van der Waals surface area contributed by atoms with Crippen molar-refractivity contribution >= 4 is 49.9 Å². The van der Waals surface area contributed by atoms with E-state index in [1.54, 1.807) is 13.2 Å². The maximum atomic E-state index is 11.9. The molecule has 0 bridgehead atoms. The van der Waals surface area contributed by atoms with Crippen molar-refractivity contribution in [2.24, 2.45) is 0 Å². The first-order valence-corrected chi connectivity index (χ1v) is 6.95. The fourth-order valence-electron chi connectivity index (χ4n) is 1.23. The van der Waals surface area contributed by atoms with Crippen molar-refractivity contribution in [2.75, 3.05) is 13.4 Å². The van der Waals surface area contributed by atoms with Gasteiger partial charge >= 0.3 is 0 Å². The van der Waals surface area contributed by atoms with E-state index in [1.165, 1.54) is 11.8 Å². The Morgan fingerprint density at radius 3 is 2.81 bits per heavy atom. The highest BCUT2D eigenvalue weighted by molar-refractivity contribution is 9.10. The number of thioether (sulfide) groups is 1. The summed E-state index contributed by atoms with van der Waals surface area (Å²) in [6.45, 7) is 0. The second kappa shape index (κ2) is 6.37. The zero-order valence-corrected chi connectivity index (χ0v) is 12.2. The van der Waals surface area contributed by atoms with Crippen LogP contribution in [-0.4, -0.2) is 23.3 Å². The Labute approximate surface area is 113 Å². The van der Waals surface area contributed by atoms with Gasteiger partial charge in [-0.05, 0) is 34.3 Å². The van der Waals surface area contributed by atoms with Crippen molar-refractivity contribution < 1.29 is 9.53 Å². The molecule has 0 saturated carbocycles. The summed E-state index contributed by atoms with van der Waals surface area (Å²) in [5, 5.41) is 0. The molecular weight excluding hydrogens is 308 g/mol. The van der Waals surface area contributed by atoms with Crippen LogP contribution in [0.4, 0.5) is 0 Å². The maximum Gasteiger partial charge on any atom is 0.172 e. The molecule has 1 aromatic rings. The lowest BCUT2D eigenvalue weighted by Crippen LogP contribution is -2.06. The van der Waals surface area contributed by atoms with E-state index in [-0.39, 0.29) is 12.2 Å². The van der Waals surface area contributed by atoms with E-state index in [0.29, 0.717) is 15.5 Å². The number of ketones is 1. The summed E-state index contributed by atoms with van der Waals surface area (Å²) in [6.07, 6.45) is 2.14. The number of hydrogen-bond acceptors (Lipinski definition) is 4. The van der Waals surface area contributed by atoms with Crippen LogP contribution in [0, 0.1) is 0 Å². The molecule has 2 nitrogen and oxygen atoms in total. The zero-order valence-electron chi connectivity index (χ0n) is 8.95. The van der Waals surface area contributed by atoms with Crippen molar-refractivity contribution in [3.8, 4) is 5.75 Å². The fourth-order valence-corrected chi connectivity index (χ4v) is 2.17. The molecule has 0 spiro atoms. The van der Waals surface area contributed by atoms with Crippen LogP contribution in [0.15, 0.2) is 22.7 Å². The van der Waals surface area contributed by atoms with Gasteiger partial charge in [0.2, 0.25) is 0 Å². The van der Waals surface area contributed by atoms with E-state index in [0.717, 1.165) is 4.47 Å². The molecule has 16 heavy (non-hydrogen) atoms. The number of methoxy groups -OCH3 is 1. The van der Waals surface area contributed by atoms with E-state index in [9.17, 15) is 4.79 Å². The largest absolute Gasteiger partial charge is 0.495 e. The normalized spacial score (nSPS) is 9.94. The molecule has 1 aromatic carbocycles. The minimum absolute atomic E-state index is 0.0162. The van der Waals surface area contributed by atoms with E-state index in [4.69, 9.17) is 17.0 Å². The number of thiocarbonyl (C=S) groups is 1. The standard InChI is InChI=1S/C11H11BrO2S2/c1-14-11-7(4-3-5-8(11)12)9(13)6-10(15)16-2/h3-5H,6H2,1-2H3. The van der Waals surface area contributed by atoms with Crippen LogP contribution >= 0.6 is 39.9 Å². The van der Waals surface area contributed by atoms with Gasteiger partial charge in [-0.15, -0.1) is 11.8 Å². The third kappa shape index (κ3) is 3.30. The Balaban J connectivity index is 2.99. The fraction of sp³-hybridized carbons (Fsp3) is 0.273. The summed E-state index contributed by atoms with van der Waals surface area (Å²) in [7, 11) is 1.55. The van der Waals surface area contributed by atoms with E-state index < -0.39 is 0 Å². The number of halogens is 1. The lowest BCUT2D eigenvalue weighted by Gasteiger charge is -2.09. The van der Waals surface area contributed by atoms with E-state index >= 15 is 0 Å². The molecule has 0 unspecified atom stereocenters. The van der Waals surface area contributed by atoms with Gasteiger partial charge in [0.05, 0.1) is 27.8 Å². The molecule has 1 rings (SSSR count). The monoisotopic (exact) mass is 318 g/mol. The Kier molecular flexibility index (Phi) is 5.44. The van der Waals surface area contributed by atoms with Gasteiger partial charge < -0.3 is 4.74 Å². The highest BCUT2D eigenvalue weighted by Crippen LogP contribution is 2.29. The molecule has 0 aromatic heterocycles. The Morgan fingerprint density at radius 1 is 1.56 bits per heavy atom. The number of carbonyl (C=O) groups is 1. The topological polar surface area (TPSA) is 26.3 Å². The van der Waals surface area contributed by atoms with Crippen LogP contribution in [0.2, 0.25) is 0 Å². The highest BCUT2D eigenvalue weighted by Gasteiger charge is 2.15. The molecule has 0 radical (unpaired) electrons. The molecular formula is C11H11BrO2S2. The molecule has 86 valence electrons. The number of benzene rings is 1. The van der Waals surface area contributed by atoms with E-state index in [2.05, 4.69) is 15.9 Å². The molecule has 0 aliphatic rings. The predicted octanol–water partition coefficient (Wildman–Crippen LogP) is 3.72. The number of rotatable bonds is 4. The van der Waals surface area contributed by atoms with Gasteiger partial charge in [-0.2, -0.15) is 0 Å². The number of Topliss-reactive ketones (excluding diaryl/α,β-unsaturated/α-hetero) is 1. The first kappa shape index (κ1) is 13.7. The van der Waals surface area contributed by atoms with Crippen molar-refractivity contribution in [1.82, 2.24) is 0 Å². The van der Waals surface area contributed by atoms with Crippen LogP contribution in [0.3, 0.4) is 0 Å². The Bertz CT molecular complexity index is 418. The Morgan fingerprint density at radius 2 is 2.25 bits per heavy atom. The van der Waals surface area contributed by atoms with Gasteiger partial charge in [0, 0.05) is 0 Å². The average Bonchev–Trinajstić information content (AvgIpc) is 2.28. The highest BCUT2D eigenvalue weighted by atomic mass is 79.9. The molecule has 0 heterocycles. The summed E-state index contributed by atoms with van der Waals surface area (Å²) in [5.74, 6) is 0.550. The first-order valence-electron chi connectivity index (χ1n) is 4.52. The van der Waals surface area contributed by atoms with E-state index in [1.807, 2.05) is 18.4 Å². The van der Waals surface area contributed by atoms with Crippen LogP contribution < -0.4 is 4.74 Å². The molecule has 5 heteroatoms. The number of carbonyl (C=O) groups excluding carboxylic acids is 1. The second-order valence-corrected chi connectivity index (χ2v) is 5.50. The smallest absolute Gasteiger partial charge is 0.172 e. The number of para-hydroxylation sites is 1. The minimum atomic E-state index is -0.0162.